The van der Waals surface area contributed by atoms with Crippen molar-refractivity contribution in [2.24, 2.45) is 35.1 Å². The zero-order valence-electron chi connectivity index (χ0n) is 7.00. The lowest BCUT2D eigenvalue weighted by Crippen LogP contribution is -2.33. The van der Waals surface area contributed by atoms with Crippen LogP contribution in [0.2, 0.25) is 0 Å². The summed E-state index contributed by atoms with van der Waals surface area (Å²) in [6, 6.07) is 0. The molecular weight excluding hydrogens is 136 g/mol. The summed E-state index contributed by atoms with van der Waals surface area (Å²) >= 11 is 0. The second-order valence-electron chi connectivity index (χ2n) is 4.13. The van der Waals surface area contributed by atoms with Crippen LogP contribution in [0, 0.1) is 23.7 Å². The summed E-state index contributed by atoms with van der Waals surface area (Å²) < 4.78 is 0. The largest absolute Gasteiger partial charge is 0.330 e. The Balaban J connectivity index is 2.08. The maximum absolute atomic E-state index is 5.73. The smallest absolute Gasteiger partial charge is 0.00430 e. The van der Waals surface area contributed by atoms with E-state index in [0.717, 1.165) is 36.8 Å². The lowest BCUT2D eigenvalue weighted by molar-refractivity contribution is 0.234. The Morgan fingerprint density at radius 2 is 1.36 bits per heavy atom. The number of hydrogen-bond donors (Lipinski definition) is 2. The highest BCUT2D eigenvalue weighted by Gasteiger charge is 2.45. The molecule has 0 amide bonds. The molecule has 2 nitrogen and oxygen atoms in total. The number of nitrogens with two attached hydrogens (primary N) is 2. The minimum Gasteiger partial charge on any atom is -0.330 e. The van der Waals surface area contributed by atoms with Crippen molar-refractivity contribution in [1.29, 1.82) is 0 Å². The average molecular weight is 154 g/mol. The average Bonchev–Trinajstić information content (AvgIpc) is 2.60. The molecule has 0 radical (unpaired) electrons. The molecular formula is C9H18N2. The molecule has 4 N–H and O–H groups in total. The topological polar surface area (TPSA) is 52.0 Å². The lowest BCUT2D eigenvalue weighted by Gasteiger charge is -2.28. The normalized spacial score (nSPS) is 48.5. The first-order valence-electron chi connectivity index (χ1n) is 4.77. The minimum absolute atomic E-state index is 0.763. The Kier molecular flexibility index (Phi) is 1.90. The molecule has 2 bridgehead atoms. The van der Waals surface area contributed by atoms with Gasteiger partial charge in [-0.1, -0.05) is 0 Å². The summed E-state index contributed by atoms with van der Waals surface area (Å²) in [4.78, 5) is 0. The van der Waals surface area contributed by atoms with Crippen molar-refractivity contribution < 1.29 is 0 Å². The molecule has 0 aromatic carbocycles. The molecule has 0 saturated heterocycles. The van der Waals surface area contributed by atoms with Gasteiger partial charge in [-0.2, -0.15) is 0 Å². The fraction of sp³-hybridized carbons (Fsp3) is 1.00. The van der Waals surface area contributed by atoms with Crippen LogP contribution in [0.25, 0.3) is 0 Å². The van der Waals surface area contributed by atoms with E-state index in [1.807, 2.05) is 0 Å². The summed E-state index contributed by atoms with van der Waals surface area (Å²) in [6.07, 6.45) is 4.26. The van der Waals surface area contributed by atoms with Gasteiger partial charge in [-0.3, -0.25) is 0 Å². The lowest BCUT2D eigenvalue weighted by atomic mass is 9.79. The van der Waals surface area contributed by atoms with E-state index in [4.69, 9.17) is 11.5 Å². The van der Waals surface area contributed by atoms with Gasteiger partial charge in [0.2, 0.25) is 0 Å². The first-order valence-corrected chi connectivity index (χ1v) is 4.77. The van der Waals surface area contributed by atoms with Crippen LogP contribution in [0.4, 0.5) is 0 Å². The molecule has 0 aromatic rings. The van der Waals surface area contributed by atoms with Crippen molar-refractivity contribution in [2.75, 3.05) is 13.1 Å². The SMILES string of the molecule is NC[C@@H]1[C@H]2CC[C@H](C2)[C@@H]1CN. The second kappa shape index (κ2) is 2.76. The monoisotopic (exact) mass is 154 g/mol. The summed E-state index contributed by atoms with van der Waals surface area (Å²) in [5.74, 6) is 3.38. The van der Waals surface area contributed by atoms with Gasteiger partial charge < -0.3 is 11.5 Å². The van der Waals surface area contributed by atoms with Gasteiger partial charge in [0.25, 0.3) is 0 Å². The molecule has 64 valence electrons. The van der Waals surface area contributed by atoms with E-state index in [0.29, 0.717) is 0 Å². The van der Waals surface area contributed by atoms with Crippen molar-refractivity contribution in [3.63, 3.8) is 0 Å². The number of fused-ring (bicyclic) bond motifs is 2. The van der Waals surface area contributed by atoms with Crippen LogP contribution in [0.3, 0.4) is 0 Å². The summed E-state index contributed by atoms with van der Waals surface area (Å²) in [5.41, 5.74) is 11.5. The minimum atomic E-state index is 0.763. The second-order valence-corrected chi connectivity index (χ2v) is 4.13. The molecule has 2 heteroatoms. The number of hydrogen-bond acceptors (Lipinski definition) is 2. The molecule has 4 atom stereocenters. The van der Waals surface area contributed by atoms with Gasteiger partial charge in [0.1, 0.15) is 0 Å². The van der Waals surface area contributed by atoms with E-state index in [2.05, 4.69) is 0 Å². The fourth-order valence-corrected chi connectivity index (χ4v) is 3.26. The first kappa shape index (κ1) is 7.56. The Bertz CT molecular complexity index is 130. The van der Waals surface area contributed by atoms with Gasteiger partial charge in [0.15, 0.2) is 0 Å². The van der Waals surface area contributed by atoms with Crippen LogP contribution in [-0.2, 0) is 0 Å². The Labute approximate surface area is 68.3 Å². The quantitative estimate of drug-likeness (QED) is 0.611. The van der Waals surface area contributed by atoms with Gasteiger partial charge in [0, 0.05) is 0 Å². The van der Waals surface area contributed by atoms with Crippen molar-refractivity contribution in [2.45, 2.75) is 19.3 Å². The number of rotatable bonds is 2. The molecule has 2 aliphatic rings. The van der Waals surface area contributed by atoms with E-state index in [1.54, 1.807) is 0 Å². The van der Waals surface area contributed by atoms with Crippen molar-refractivity contribution >= 4 is 0 Å². The van der Waals surface area contributed by atoms with Crippen molar-refractivity contribution in [3.05, 3.63) is 0 Å². The van der Waals surface area contributed by atoms with Gasteiger partial charge in [-0.05, 0) is 56.0 Å². The highest BCUT2D eigenvalue weighted by molar-refractivity contribution is 4.96. The summed E-state index contributed by atoms with van der Waals surface area (Å²) in [5, 5.41) is 0. The predicted molar refractivity (Wildman–Crippen MR) is 45.9 cm³/mol. The van der Waals surface area contributed by atoms with Gasteiger partial charge in [-0.25, -0.2) is 0 Å². The fourth-order valence-electron chi connectivity index (χ4n) is 3.26. The molecule has 0 heterocycles. The highest BCUT2D eigenvalue weighted by atomic mass is 14.7. The maximum Gasteiger partial charge on any atom is -0.00430 e. The molecule has 11 heavy (non-hydrogen) atoms. The van der Waals surface area contributed by atoms with Crippen LogP contribution in [0.15, 0.2) is 0 Å². The van der Waals surface area contributed by atoms with E-state index >= 15 is 0 Å². The Morgan fingerprint density at radius 3 is 1.73 bits per heavy atom. The van der Waals surface area contributed by atoms with E-state index < -0.39 is 0 Å². The van der Waals surface area contributed by atoms with Crippen LogP contribution in [0.5, 0.6) is 0 Å². The van der Waals surface area contributed by atoms with Crippen LogP contribution < -0.4 is 11.5 Å². The van der Waals surface area contributed by atoms with Crippen LogP contribution in [-0.4, -0.2) is 13.1 Å². The molecule has 2 fully saturated rings. The molecule has 0 aliphatic heterocycles. The molecule has 0 unspecified atom stereocenters. The zero-order valence-corrected chi connectivity index (χ0v) is 7.00. The zero-order chi connectivity index (χ0) is 7.84. The predicted octanol–water partition coefficient (Wildman–Crippen LogP) is 0.566. The van der Waals surface area contributed by atoms with E-state index in [9.17, 15) is 0 Å². The third-order valence-corrected chi connectivity index (χ3v) is 3.82. The molecule has 2 aliphatic carbocycles. The van der Waals surface area contributed by atoms with Crippen LogP contribution >= 0.6 is 0 Å². The molecule has 0 spiro atoms. The van der Waals surface area contributed by atoms with Crippen LogP contribution in [0.1, 0.15) is 19.3 Å². The van der Waals surface area contributed by atoms with Gasteiger partial charge >= 0.3 is 0 Å². The highest BCUT2D eigenvalue weighted by Crippen LogP contribution is 2.51. The van der Waals surface area contributed by atoms with Crippen molar-refractivity contribution in [1.82, 2.24) is 0 Å². The third kappa shape index (κ3) is 1.00. The van der Waals surface area contributed by atoms with Gasteiger partial charge in [-0.15, -0.1) is 0 Å². The Morgan fingerprint density at radius 1 is 0.909 bits per heavy atom. The summed E-state index contributed by atoms with van der Waals surface area (Å²) in [7, 11) is 0. The molecule has 0 aromatic heterocycles. The standard InChI is InChI=1S/C9H18N2/c10-4-8-6-1-2-7(3-6)9(8)5-11/h6-9H,1-5,10-11H2/t6-,7+,8+,9-. The summed E-state index contributed by atoms with van der Waals surface area (Å²) in [6.45, 7) is 1.73. The Hall–Kier alpha value is -0.0800. The van der Waals surface area contributed by atoms with E-state index in [-0.39, 0.29) is 0 Å². The third-order valence-electron chi connectivity index (χ3n) is 3.82. The van der Waals surface area contributed by atoms with Gasteiger partial charge in [0.05, 0.1) is 0 Å². The molecule has 2 saturated carbocycles. The first-order chi connectivity index (χ1) is 5.36. The molecule has 2 rings (SSSR count). The van der Waals surface area contributed by atoms with Crippen molar-refractivity contribution in [3.8, 4) is 0 Å². The van der Waals surface area contributed by atoms with E-state index in [1.165, 1.54) is 19.3 Å². The maximum atomic E-state index is 5.73.